The Morgan fingerprint density at radius 2 is 1.96 bits per heavy atom. The molecule has 0 bridgehead atoms. The third-order valence-corrected chi connectivity index (χ3v) is 4.93. The second kappa shape index (κ2) is 8.00. The number of hydrogen-bond acceptors (Lipinski definition) is 3. The Hall–Kier alpha value is -2.57. The first-order chi connectivity index (χ1) is 12.1. The van der Waals surface area contributed by atoms with Crippen LogP contribution in [0.15, 0.2) is 66.3 Å². The van der Waals surface area contributed by atoms with Crippen LogP contribution in [0, 0.1) is 0 Å². The molecule has 0 fully saturated rings. The zero-order chi connectivity index (χ0) is 17.6. The van der Waals surface area contributed by atoms with Gasteiger partial charge in [0.05, 0.1) is 6.04 Å². The van der Waals surface area contributed by atoms with Crippen LogP contribution >= 0.6 is 11.3 Å². The number of anilines is 1. The molecular weight excluding hydrogens is 332 g/mol. The summed E-state index contributed by atoms with van der Waals surface area (Å²) in [4.78, 5) is 15.6. The summed E-state index contributed by atoms with van der Waals surface area (Å²) in [7, 11) is 4.04. The smallest absolute Gasteiger partial charge is 0.319 e. The SMILES string of the molecule is CN(C)C(CNC(=O)Nc1cccc(-n2cccc2)c1)c1cccs1. The molecule has 2 amide bonds. The van der Waals surface area contributed by atoms with Crippen molar-refractivity contribution in [2.75, 3.05) is 26.0 Å². The fourth-order valence-electron chi connectivity index (χ4n) is 2.63. The van der Waals surface area contributed by atoms with Crippen LogP contribution in [0.1, 0.15) is 10.9 Å². The molecule has 2 heterocycles. The van der Waals surface area contributed by atoms with Gasteiger partial charge in [-0.1, -0.05) is 12.1 Å². The van der Waals surface area contributed by atoms with Crippen molar-refractivity contribution in [2.24, 2.45) is 0 Å². The topological polar surface area (TPSA) is 49.3 Å². The van der Waals surface area contributed by atoms with E-state index in [1.54, 1.807) is 11.3 Å². The zero-order valence-electron chi connectivity index (χ0n) is 14.3. The van der Waals surface area contributed by atoms with Crippen molar-refractivity contribution in [1.29, 1.82) is 0 Å². The largest absolute Gasteiger partial charge is 0.336 e. The van der Waals surface area contributed by atoms with Crippen molar-refractivity contribution in [3.63, 3.8) is 0 Å². The molecule has 1 unspecified atom stereocenters. The van der Waals surface area contributed by atoms with Crippen molar-refractivity contribution >= 4 is 23.1 Å². The van der Waals surface area contributed by atoms with Crippen LogP contribution in [-0.2, 0) is 0 Å². The number of benzene rings is 1. The standard InChI is InChI=1S/C19H22N4OS/c1-22(2)17(18-9-6-12-25-18)14-20-19(24)21-15-7-5-8-16(13-15)23-10-3-4-11-23/h3-13,17H,14H2,1-2H3,(H2,20,21,24). The summed E-state index contributed by atoms with van der Waals surface area (Å²) < 4.78 is 2.00. The van der Waals surface area contributed by atoms with Crippen molar-refractivity contribution < 1.29 is 4.79 Å². The fourth-order valence-corrected chi connectivity index (χ4v) is 3.56. The van der Waals surface area contributed by atoms with Crippen molar-refractivity contribution in [3.8, 4) is 5.69 Å². The van der Waals surface area contributed by atoms with Gasteiger partial charge in [-0.15, -0.1) is 11.3 Å². The van der Waals surface area contributed by atoms with E-state index in [0.29, 0.717) is 6.54 Å². The average Bonchev–Trinajstić information content (AvgIpc) is 3.29. The fraction of sp³-hybridized carbons (Fsp3) is 0.211. The van der Waals surface area contributed by atoms with Crippen molar-refractivity contribution in [3.05, 3.63) is 71.2 Å². The molecule has 0 saturated heterocycles. The van der Waals surface area contributed by atoms with Crippen molar-refractivity contribution in [1.82, 2.24) is 14.8 Å². The maximum absolute atomic E-state index is 12.3. The van der Waals surface area contributed by atoms with Crippen LogP contribution in [0.25, 0.3) is 5.69 Å². The van der Waals surface area contributed by atoms with Gasteiger partial charge < -0.3 is 20.1 Å². The molecule has 0 radical (unpaired) electrons. The number of likely N-dealkylation sites (N-methyl/N-ethyl adjacent to an activating group) is 1. The summed E-state index contributed by atoms with van der Waals surface area (Å²) in [6.45, 7) is 0.552. The lowest BCUT2D eigenvalue weighted by molar-refractivity contribution is 0.244. The first-order valence-corrected chi connectivity index (χ1v) is 8.99. The predicted octanol–water partition coefficient (Wildman–Crippen LogP) is 3.96. The number of thiophene rings is 1. The maximum atomic E-state index is 12.3. The van der Waals surface area contributed by atoms with Gasteiger partial charge in [0.2, 0.25) is 0 Å². The van der Waals surface area contributed by atoms with E-state index in [1.807, 2.05) is 73.5 Å². The summed E-state index contributed by atoms with van der Waals surface area (Å²) in [5.74, 6) is 0. The normalized spacial score (nSPS) is 12.1. The highest BCUT2D eigenvalue weighted by molar-refractivity contribution is 7.10. The number of carbonyl (C=O) groups is 1. The van der Waals surface area contributed by atoms with E-state index in [1.165, 1.54) is 4.88 Å². The number of hydrogen-bond donors (Lipinski definition) is 2. The molecule has 0 saturated carbocycles. The first-order valence-electron chi connectivity index (χ1n) is 8.11. The molecule has 0 aliphatic carbocycles. The Kier molecular flexibility index (Phi) is 5.53. The monoisotopic (exact) mass is 354 g/mol. The minimum absolute atomic E-state index is 0.164. The van der Waals surface area contributed by atoms with Gasteiger partial charge in [-0.05, 0) is 55.9 Å². The number of nitrogens with zero attached hydrogens (tertiary/aromatic N) is 2. The lowest BCUT2D eigenvalue weighted by atomic mass is 10.2. The number of rotatable bonds is 6. The number of carbonyl (C=O) groups excluding carboxylic acids is 1. The highest BCUT2D eigenvalue weighted by Gasteiger charge is 2.16. The molecule has 1 aromatic carbocycles. The Morgan fingerprint density at radius 1 is 1.16 bits per heavy atom. The van der Waals surface area contributed by atoms with E-state index >= 15 is 0 Å². The summed E-state index contributed by atoms with van der Waals surface area (Å²) in [5, 5.41) is 7.92. The van der Waals surface area contributed by atoms with Gasteiger partial charge in [0.15, 0.2) is 0 Å². The van der Waals surface area contributed by atoms with Gasteiger partial charge in [0, 0.05) is 35.2 Å². The molecule has 6 heteroatoms. The van der Waals surface area contributed by atoms with E-state index in [4.69, 9.17) is 0 Å². The van der Waals surface area contributed by atoms with Gasteiger partial charge in [0.1, 0.15) is 0 Å². The van der Waals surface area contributed by atoms with E-state index in [2.05, 4.69) is 27.0 Å². The van der Waals surface area contributed by atoms with Crippen LogP contribution in [-0.4, -0.2) is 36.1 Å². The Bertz CT molecular complexity index is 797. The molecule has 3 aromatic rings. The molecule has 0 spiro atoms. The molecule has 130 valence electrons. The third-order valence-electron chi connectivity index (χ3n) is 3.96. The Morgan fingerprint density at radius 3 is 2.64 bits per heavy atom. The van der Waals surface area contributed by atoms with Crippen LogP contribution in [0.2, 0.25) is 0 Å². The second-order valence-electron chi connectivity index (χ2n) is 5.97. The van der Waals surface area contributed by atoms with Crippen LogP contribution in [0.4, 0.5) is 10.5 Å². The maximum Gasteiger partial charge on any atom is 0.319 e. The van der Waals surface area contributed by atoms with E-state index < -0.39 is 0 Å². The van der Waals surface area contributed by atoms with Crippen LogP contribution in [0.5, 0.6) is 0 Å². The van der Waals surface area contributed by atoms with Crippen LogP contribution < -0.4 is 10.6 Å². The Labute approximate surface area is 151 Å². The highest BCUT2D eigenvalue weighted by atomic mass is 32.1. The molecule has 25 heavy (non-hydrogen) atoms. The zero-order valence-corrected chi connectivity index (χ0v) is 15.2. The molecule has 0 aliphatic rings. The third kappa shape index (κ3) is 4.49. The number of urea groups is 1. The Balaban J connectivity index is 1.60. The van der Waals surface area contributed by atoms with Crippen molar-refractivity contribution in [2.45, 2.75) is 6.04 Å². The predicted molar refractivity (Wildman–Crippen MR) is 104 cm³/mol. The number of nitrogens with one attached hydrogen (secondary N) is 2. The minimum atomic E-state index is -0.201. The van der Waals surface area contributed by atoms with Gasteiger partial charge in [-0.2, -0.15) is 0 Å². The van der Waals surface area contributed by atoms with Gasteiger partial charge in [0.25, 0.3) is 0 Å². The van der Waals surface area contributed by atoms with Gasteiger partial charge >= 0.3 is 6.03 Å². The van der Waals surface area contributed by atoms with E-state index in [0.717, 1.165) is 11.4 Å². The van der Waals surface area contributed by atoms with Gasteiger partial charge in [-0.25, -0.2) is 4.79 Å². The highest BCUT2D eigenvalue weighted by Crippen LogP contribution is 2.22. The number of amides is 2. The van der Waals surface area contributed by atoms with Crippen LogP contribution in [0.3, 0.4) is 0 Å². The lowest BCUT2D eigenvalue weighted by Gasteiger charge is -2.23. The molecule has 2 aromatic heterocycles. The van der Waals surface area contributed by atoms with Gasteiger partial charge in [-0.3, -0.25) is 0 Å². The molecular formula is C19H22N4OS. The number of aromatic nitrogens is 1. The second-order valence-corrected chi connectivity index (χ2v) is 6.95. The summed E-state index contributed by atoms with van der Waals surface area (Å²) >= 11 is 1.70. The minimum Gasteiger partial charge on any atom is -0.336 e. The molecule has 2 N–H and O–H groups in total. The molecule has 5 nitrogen and oxygen atoms in total. The molecule has 1 atom stereocenters. The van der Waals surface area contributed by atoms with E-state index in [-0.39, 0.29) is 12.1 Å². The summed E-state index contributed by atoms with van der Waals surface area (Å²) in [5.41, 5.74) is 1.77. The van der Waals surface area contributed by atoms with E-state index in [9.17, 15) is 4.79 Å². The lowest BCUT2D eigenvalue weighted by Crippen LogP contribution is -2.36. The quantitative estimate of drug-likeness (QED) is 0.704. The summed E-state index contributed by atoms with van der Waals surface area (Å²) in [6, 6.07) is 15.8. The molecule has 3 rings (SSSR count). The molecule has 0 aliphatic heterocycles. The summed E-state index contributed by atoms with van der Waals surface area (Å²) in [6.07, 6.45) is 3.95. The first kappa shape index (κ1) is 17.3. The average molecular weight is 354 g/mol.